The molecule has 0 saturated heterocycles. The largest absolute Gasteiger partial charge is 0.497 e. The molecule has 2 aromatic heterocycles. The molecular formula is C19H21N3O3S. The summed E-state index contributed by atoms with van der Waals surface area (Å²) in [6.07, 6.45) is 2.03. The Bertz CT molecular complexity index is 960. The summed E-state index contributed by atoms with van der Waals surface area (Å²) in [4.78, 5) is 32.4. The Hall–Kier alpha value is -2.67. The molecule has 0 aliphatic heterocycles. The SMILES string of the molecule is CCCCNC(=O)Cc1nc2scc(-c3ccc(OC)cc3)c2c(=O)[nH]1. The number of methoxy groups -OCH3 is 1. The Morgan fingerprint density at radius 2 is 2.08 bits per heavy atom. The van der Waals surface area contributed by atoms with Gasteiger partial charge in [-0.05, 0) is 24.1 Å². The molecule has 136 valence electrons. The summed E-state index contributed by atoms with van der Waals surface area (Å²) in [5.41, 5.74) is 1.54. The Morgan fingerprint density at radius 3 is 2.77 bits per heavy atom. The molecule has 0 atom stereocenters. The monoisotopic (exact) mass is 371 g/mol. The smallest absolute Gasteiger partial charge is 0.260 e. The average Bonchev–Trinajstić information content (AvgIpc) is 3.06. The van der Waals surface area contributed by atoms with Crippen LogP contribution in [0.2, 0.25) is 0 Å². The molecule has 0 aliphatic rings. The van der Waals surface area contributed by atoms with Crippen LogP contribution >= 0.6 is 11.3 Å². The molecule has 7 heteroatoms. The van der Waals surface area contributed by atoms with Crippen molar-refractivity contribution in [3.63, 3.8) is 0 Å². The number of hydrogen-bond donors (Lipinski definition) is 2. The molecule has 0 spiro atoms. The van der Waals surface area contributed by atoms with E-state index in [2.05, 4.69) is 22.2 Å². The van der Waals surface area contributed by atoms with Gasteiger partial charge in [-0.25, -0.2) is 4.98 Å². The number of benzene rings is 1. The number of amides is 1. The second-order valence-electron chi connectivity index (χ2n) is 5.95. The van der Waals surface area contributed by atoms with E-state index in [1.54, 1.807) is 7.11 Å². The number of ether oxygens (including phenoxy) is 1. The molecule has 3 aromatic rings. The second kappa shape index (κ2) is 8.14. The van der Waals surface area contributed by atoms with Gasteiger partial charge in [-0.3, -0.25) is 9.59 Å². The molecule has 0 bridgehead atoms. The zero-order chi connectivity index (χ0) is 18.5. The normalized spacial score (nSPS) is 10.8. The highest BCUT2D eigenvalue weighted by Crippen LogP contribution is 2.31. The third kappa shape index (κ3) is 3.94. The second-order valence-corrected chi connectivity index (χ2v) is 6.81. The highest BCUT2D eigenvalue weighted by atomic mass is 32.1. The highest BCUT2D eigenvalue weighted by Gasteiger charge is 2.14. The quantitative estimate of drug-likeness (QED) is 0.625. The molecule has 2 N–H and O–H groups in total. The lowest BCUT2D eigenvalue weighted by Crippen LogP contribution is -2.27. The van der Waals surface area contributed by atoms with E-state index < -0.39 is 0 Å². The van der Waals surface area contributed by atoms with Crippen molar-refractivity contribution in [2.45, 2.75) is 26.2 Å². The number of thiophene rings is 1. The topological polar surface area (TPSA) is 84.1 Å². The third-order valence-corrected chi connectivity index (χ3v) is 4.95. The minimum atomic E-state index is -0.224. The number of rotatable bonds is 7. The summed E-state index contributed by atoms with van der Waals surface area (Å²) in [5.74, 6) is 1.02. The predicted molar refractivity (Wildman–Crippen MR) is 104 cm³/mol. The number of unbranched alkanes of at least 4 members (excludes halogenated alkanes) is 1. The van der Waals surface area contributed by atoms with E-state index >= 15 is 0 Å². The number of H-pyrrole nitrogens is 1. The Balaban J connectivity index is 1.86. The number of carbonyl (C=O) groups excluding carboxylic acids is 1. The van der Waals surface area contributed by atoms with Crippen LogP contribution in [-0.4, -0.2) is 29.5 Å². The number of hydrogen-bond acceptors (Lipinski definition) is 5. The van der Waals surface area contributed by atoms with Crippen molar-refractivity contribution >= 4 is 27.5 Å². The molecule has 0 fully saturated rings. The van der Waals surface area contributed by atoms with Crippen LogP contribution in [0, 0.1) is 0 Å². The van der Waals surface area contributed by atoms with E-state index in [1.807, 2.05) is 29.6 Å². The molecule has 26 heavy (non-hydrogen) atoms. The molecule has 1 aromatic carbocycles. The number of nitrogens with zero attached hydrogens (tertiary/aromatic N) is 1. The van der Waals surface area contributed by atoms with E-state index in [0.717, 1.165) is 29.7 Å². The number of aromatic nitrogens is 2. The molecule has 2 heterocycles. The van der Waals surface area contributed by atoms with Gasteiger partial charge in [-0.15, -0.1) is 11.3 Å². The maximum absolute atomic E-state index is 12.6. The molecule has 1 amide bonds. The van der Waals surface area contributed by atoms with Crippen LogP contribution < -0.4 is 15.6 Å². The summed E-state index contributed by atoms with van der Waals surface area (Å²) >= 11 is 1.40. The van der Waals surface area contributed by atoms with Gasteiger partial charge < -0.3 is 15.0 Å². The van der Waals surface area contributed by atoms with Crippen LogP contribution in [-0.2, 0) is 11.2 Å². The van der Waals surface area contributed by atoms with Crippen molar-refractivity contribution in [1.82, 2.24) is 15.3 Å². The first-order chi connectivity index (χ1) is 12.6. The van der Waals surface area contributed by atoms with Crippen LogP contribution in [0.4, 0.5) is 0 Å². The van der Waals surface area contributed by atoms with E-state index in [4.69, 9.17) is 4.74 Å². The minimum absolute atomic E-state index is 0.0741. The van der Waals surface area contributed by atoms with Gasteiger partial charge in [0.1, 0.15) is 16.4 Å². The molecule has 0 saturated carbocycles. The highest BCUT2D eigenvalue weighted by molar-refractivity contribution is 7.17. The Morgan fingerprint density at radius 1 is 1.31 bits per heavy atom. The third-order valence-electron chi connectivity index (χ3n) is 4.07. The van der Waals surface area contributed by atoms with Crippen LogP contribution in [0.1, 0.15) is 25.6 Å². The first kappa shape index (κ1) is 18.1. The molecule has 0 unspecified atom stereocenters. The number of aromatic amines is 1. The molecule has 0 radical (unpaired) electrons. The molecule has 0 aliphatic carbocycles. The first-order valence-electron chi connectivity index (χ1n) is 8.54. The van der Waals surface area contributed by atoms with Crippen molar-refractivity contribution in [2.75, 3.05) is 13.7 Å². The first-order valence-corrected chi connectivity index (χ1v) is 9.42. The summed E-state index contributed by atoms with van der Waals surface area (Å²) in [6, 6.07) is 7.54. The van der Waals surface area contributed by atoms with Crippen molar-refractivity contribution in [2.24, 2.45) is 0 Å². The summed E-state index contributed by atoms with van der Waals surface area (Å²) < 4.78 is 5.17. The number of carbonyl (C=O) groups is 1. The van der Waals surface area contributed by atoms with E-state index in [1.165, 1.54) is 11.3 Å². The van der Waals surface area contributed by atoms with Gasteiger partial charge in [0.25, 0.3) is 5.56 Å². The lowest BCUT2D eigenvalue weighted by atomic mass is 10.1. The maximum atomic E-state index is 12.6. The van der Waals surface area contributed by atoms with Crippen molar-refractivity contribution in [3.05, 3.63) is 45.8 Å². The van der Waals surface area contributed by atoms with Crippen molar-refractivity contribution in [3.8, 4) is 16.9 Å². The number of fused-ring (bicyclic) bond motifs is 1. The Kier molecular flexibility index (Phi) is 5.68. The number of nitrogens with one attached hydrogen (secondary N) is 2. The van der Waals surface area contributed by atoms with Crippen molar-refractivity contribution in [1.29, 1.82) is 0 Å². The Labute approximate surface area is 155 Å². The summed E-state index contributed by atoms with van der Waals surface area (Å²) in [7, 11) is 1.61. The standard InChI is InChI=1S/C19H21N3O3S/c1-3-4-9-20-16(23)10-15-21-18(24)17-14(11-26-19(17)22-15)12-5-7-13(25-2)8-6-12/h5-8,11H,3-4,9-10H2,1-2H3,(H,20,23)(H,21,22,24). The summed E-state index contributed by atoms with van der Waals surface area (Å²) in [5, 5.41) is 5.30. The van der Waals surface area contributed by atoms with Crippen LogP contribution in [0.5, 0.6) is 5.75 Å². The van der Waals surface area contributed by atoms with Crippen LogP contribution in [0.25, 0.3) is 21.3 Å². The van der Waals surface area contributed by atoms with Crippen LogP contribution in [0.3, 0.4) is 0 Å². The maximum Gasteiger partial charge on any atom is 0.260 e. The molecular weight excluding hydrogens is 350 g/mol. The average molecular weight is 371 g/mol. The predicted octanol–water partition coefficient (Wildman–Crippen LogP) is 3.12. The lowest BCUT2D eigenvalue weighted by Gasteiger charge is -2.05. The zero-order valence-corrected chi connectivity index (χ0v) is 15.6. The fourth-order valence-electron chi connectivity index (χ4n) is 2.68. The van der Waals surface area contributed by atoms with E-state index in [9.17, 15) is 9.59 Å². The minimum Gasteiger partial charge on any atom is -0.497 e. The fraction of sp³-hybridized carbons (Fsp3) is 0.316. The van der Waals surface area contributed by atoms with Crippen LogP contribution in [0.15, 0.2) is 34.4 Å². The van der Waals surface area contributed by atoms with Gasteiger partial charge in [0.2, 0.25) is 5.91 Å². The van der Waals surface area contributed by atoms with Gasteiger partial charge in [0.15, 0.2) is 0 Å². The molecule has 3 rings (SSSR count). The van der Waals surface area contributed by atoms with E-state index in [0.29, 0.717) is 22.6 Å². The van der Waals surface area contributed by atoms with Gasteiger partial charge in [0.05, 0.1) is 18.9 Å². The van der Waals surface area contributed by atoms with Crippen molar-refractivity contribution < 1.29 is 9.53 Å². The van der Waals surface area contributed by atoms with Gasteiger partial charge in [-0.2, -0.15) is 0 Å². The van der Waals surface area contributed by atoms with Gasteiger partial charge >= 0.3 is 0 Å². The van der Waals surface area contributed by atoms with Gasteiger partial charge in [-0.1, -0.05) is 25.5 Å². The zero-order valence-electron chi connectivity index (χ0n) is 14.8. The lowest BCUT2D eigenvalue weighted by molar-refractivity contribution is -0.120. The fourth-order valence-corrected chi connectivity index (χ4v) is 3.65. The van der Waals surface area contributed by atoms with Gasteiger partial charge in [0, 0.05) is 17.5 Å². The molecule has 6 nitrogen and oxygen atoms in total. The summed E-state index contributed by atoms with van der Waals surface area (Å²) in [6.45, 7) is 2.71. The van der Waals surface area contributed by atoms with E-state index in [-0.39, 0.29) is 17.9 Å².